The van der Waals surface area contributed by atoms with E-state index in [1.165, 1.54) is 13.8 Å². The number of hydrogen-bond acceptors (Lipinski definition) is 4. The molecule has 0 aromatic carbocycles. The molecule has 2 atom stereocenters. The van der Waals surface area contributed by atoms with Crippen molar-refractivity contribution in [1.29, 1.82) is 0 Å². The van der Waals surface area contributed by atoms with Crippen molar-refractivity contribution in [1.82, 2.24) is 0 Å². The van der Waals surface area contributed by atoms with E-state index < -0.39 is 23.3 Å². The van der Waals surface area contributed by atoms with E-state index in [0.717, 1.165) is 0 Å². The maximum atomic E-state index is 9.78. The van der Waals surface area contributed by atoms with Gasteiger partial charge >= 0.3 is 5.97 Å². The van der Waals surface area contributed by atoms with Gasteiger partial charge in [0.25, 0.3) is 0 Å². The van der Waals surface area contributed by atoms with E-state index >= 15 is 0 Å². The molecule has 5 N–H and O–H groups in total. The lowest BCUT2D eigenvalue weighted by Crippen LogP contribution is -2.25. The van der Waals surface area contributed by atoms with E-state index in [1.807, 2.05) is 0 Å². The number of carboxylic acid groups (broad SMARTS) is 1. The van der Waals surface area contributed by atoms with Gasteiger partial charge in [-0.05, 0) is 25.4 Å². The fraction of sp³-hybridized carbons (Fsp3) is 0.667. The van der Waals surface area contributed by atoms with Crippen LogP contribution in [0.3, 0.4) is 0 Å². The Morgan fingerprint density at radius 1 is 1.25 bits per heavy atom. The first-order valence-corrected chi connectivity index (χ1v) is 3.60. The van der Waals surface area contributed by atoms with Gasteiger partial charge < -0.3 is 16.6 Å². The van der Waals surface area contributed by atoms with E-state index in [9.17, 15) is 9.59 Å². The standard InChI is InChI=1S/C3H6ClNO.C3H7NO2/c1-2(5)3(4)6;1-2(4)3(5)6/h2H,5H2,1H3;2H,4H2,1H3,(H,5,6). The summed E-state index contributed by atoms with van der Waals surface area (Å²) >= 11 is 4.85. The van der Waals surface area contributed by atoms with Crippen molar-refractivity contribution in [2.45, 2.75) is 25.9 Å². The fourth-order valence-electron chi connectivity index (χ4n) is 0. The molecule has 0 aliphatic carbocycles. The molecule has 0 rings (SSSR count). The number of carbonyl (C=O) groups is 2. The number of halogens is 1. The minimum atomic E-state index is -0.963. The SMILES string of the molecule is CC(N)C(=O)Cl.CC(N)C(=O)O. The summed E-state index contributed by atoms with van der Waals surface area (Å²) in [6.07, 6.45) is 0. The van der Waals surface area contributed by atoms with Crippen LogP contribution in [-0.2, 0) is 9.59 Å². The number of carboxylic acids is 1. The first-order chi connectivity index (χ1) is 5.29. The lowest BCUT2D eigenvalue weighted by atomic mass is 10.4. The first kappa shape index (κ1) is 13.9. The molecule has 6 heteroatoms. The highest BCUT2D eigenvalue weighted by atomic mass is 35.5. The molecular weight excluding hydrogens is 184 g/mol. The largest absolute Gasteiger partial charge is 0.480 e. The Bertz CT molecular complexity index is 141. The first-order valence-electron chi connectivity index (χ1n) is 3.22. The molecule has 0 aliphatic heterocycles. The van der Waals surface area contributed by atoms with Gasteiger partial charge in [0.05, 0.1) is 6.04 Å². The maximum Gasteiger partial charge on any atom is 0.320 e. The number of aliphatic carboxylic acids is 1. The van der Waals surface area contributed by atoms with Crippen LogP contribution in [0.4, 0.5) is 0 Å². The third kappa shape index (κ3) is 12.1. The monoisotopic (exact) mass is 196 g/mol. The van der Waals surface area contributed by atoms with Crippen LogP contribution in [0, 0.1) is 0 Å². The van der Waals surface area contributed by atoms with Crippen LogP contribution in [0.15, 0.2) is 0 Å². The van der Waals surface area contributed by atoms with Gasteiger partial charge in [-0.2, -0.15) is 0 Å². The lowest BCUT2D eigenvalue weighted by molar-refractivity contribution is -0.138. The van der Waals surface area contributed by atoms with Crippen molar-refractivity contribution in [2.24, 2.45) is 11.5 Å². The van der Waals surface area contributed by atoms with Gasteiger partial charge in [0.1, 0.15) is 6.04 Å². The predicted molar refractivity (Wildman–Crippen MR) is 45.8 cm³/mol. The molecule has 0 saturated heterocycles. The van der Waals surface area contributed by atoms with Crippen molar-refractivity contribution >= 4 is 22.8 Å². The average Bonchev–Trinajstić information content (AvgIpc) is 1.88. The lowest BCUT2D eigenvalue weighted by Gasteiger charge is -1.90. The Morgan fingerprint density at radius 3 is 1.42 bits per heavy atom. The van der Waals surface area contributed by atoms with Crippen molar-refractivity contribution in [2.75, 3.05) is 0 Å². The highest BCUT2D eigenvalue weighted by Gasteiger charge is 1.99. The molecule has 12 heavy (non-hydrogen) atoms. The quantitative estimate of drug-likeness (QED) is 0.517. The summed E-state index contributed by atoms with van der Waals surface area (Å²) in [7, 11) is 0. The summed E-state index contributed by atoms with van der Waals surface area (Å²) in [5, 5.41) is 7.38. The van der Waals surface area contributed by atoms with Crippen molar-refractivity contribution in [3.8, 4) is 0 Å². The van der Waals surface area contributed by atoms with Gasteiger partial charge in [0.15, 0.2) is 0 Å². The molecule has 0 bridgehead atoms. The van der Waals surface area contributed by atoms with Gasteiger partial charge in [-0.25, -0.2) is 0 Å². The smallest absolute Gasteiger partial charge is 0.320 e. The van der Waals surface area contributed by atoms with E-state index in [1.54, 1.807) is 0 Å². The molecule has 0 spiro atoms. The van der Waals surface area contributed by atoms with Gasteiger partial charge in [0, 0.05) is 0 Å². The van der Waals surface area contributed by atoms with Crippen molar-refractivity contribution in [3.05, 3.63) is 0 Å². The molecule has 0 aromatic heterocycles. The summed E-state index contributed by atoms with van der Waals surface area (Å²) < 4.78 is 0. The highest BCUT2D eigenvalue weighted by Crippen LogP contribution is 1.81. The molecule has 0 amide bonds. The number of rotatable bonds is 2. The summed E-state index contributed by atoms with van der Waals surface area (Å²) in [4.78, 5) is 19.4. The fourth-order valence-corrected chi connectivity index (χ4v) is 0. The highest BCUT2D eigenvalue weighted by molar-refractivity contribution is 6.64. The average molecular weight is 197 g/mol. The Kier molecular flexibility index (Phi) is 8.14. The molecule has 72 valence electrons. The second-order valence-electron chi connectivity index (χ2n) is 2.22. The Hall–Kier alpha value is -0.650. The second-order valence-corrected chi connectivity index (χ2v) is 2.59. The summed E-state index contributed by atoms with van der Waals surface area (Å²) in [6.45, 7) is 2.96. The molecule has 0 saturated carbocycles. The van der Waals surface area contributed by atoms with E-state index in [4.69, 9.17) is 28.2 Å². The van der Waals surface area contributed by atoms with Crippen LogP contribution in [0.25, 0.3) is 0 Å². The topological polar surface area (TPSA) is 106 Å². The zero-order chi connectivity index (χ0) is 10.3. The minimum absolute atomic E-state index is 0.491. The van der Waals surface area contributed by atoms with Gasteiger partial charge in [0.2, 0.25) is 5.24 Å². The van der Waals surface area contributed by atoms with Crippen LogP contribution >= 0.6 is 11.6 Å². The van der Waals surface area contributed by atoms with E-state index in [2.05, 4.69) is 0 Å². The Labute approximate surface area is 75.7 Å². The third-order valence-electron chi connectivity index (χ3n) is 0.748. The van der Waals surface area contributed by atoms with E-state index in [-0.39, 0.29) is 0 Å². The summed E-state index contributed by atoms with van der Waals surface area (Å²) in [5.41, 5.74) is 9.79. The maximum absolute atomic E-state index is 9.78. The van der Waals surface area contributed by atoms with Crippen LogP contribution in [0.5, 0.6) is 0 Å². The van der Waals surface area contributed by atoms with Crippen molar-refractivity contribution < 1.29 is 14.7 Å². The molecule has 2 unspecified atom stereocenters. The Morgan fingerprint density at radius 2 is 1.42 bits per heavy atom. The molecule has 0 fully saturated rings. The van der Waals surface area contributed by atoms with Crippen molar-refractivity contribution in [3.63, 3.8) is 0 Å². The van der Waals surface area contributed by atoms with Crippen LogP contribution < -0.4 is 11.5 Å². The minimum Gasteiger partial charge on any atom is -0.480 e. The molecule has 0 aliphatic rings. The van der Waals surface area contributed by atoms with E-state index in [0.29, 0.717) is 0 Å². The number of carbonyl (C=O) groups excluding carboxylic acids is 1. The normalized spacial score (nSPS) is 13.8. The predicted octanol–water partition coefficient (Wildman–Crippen LogP) is -0.483. The second kappa shape index (κ2) is 7.02. The van der Waals surface area contributed by atoms with Crippen LogP contribution in [0.2, 0.25) is 0 Å². The van der Waals surface area contributed by atoms with Gasteiger partial charge in [-0.15, -0.1) is 0 Å². The molecular formula is C6H13ClN2O3. The van der Waals surface area contributed by atoms with Gasteiger partial charge in [-0.1, -0.05) is 0 Å². The summed E-state index contributed by atoms with van der Waals surface area (Å²) in [6, 6.07) is -1.25. The zero-order valence-electron chi connectivity index (χ0n) is 6.95. The third-order valence-corrected chi connectivity index (χ3v) is 1.09. The van der Waals surface area contributed by atoms with Crippen LogP contribution in [-0.4, -0.2) is 28.4 Å². The summed E-state index contributed by atoms with van der Waals surface area (Å²) in [5.74, 6) is -0.963. The zero-order valence-corrected chi connectivity index (χ0v) is 7.71. The van der Waals surface area contributed by atoms with Gasteiger partial charge in [-0.3, -0.25) is 9.59 Å². The molecule has 0 aromatic rings. The molecule has 5 nitrogen and oxygen atoms in total. The van der Waals surface area contributed by atoms with Crippen LogP contribution in [0.1, 0.15) is 13.8 Å². The molecule has 0 heterocycles. The Balaban J connectivity index is 0. The molecule has 0 radical (unpaired) electrons. The number of hydrogen-bond donors (Lipinski definition) is 3. The number of nitrogens with two attached hydrogens (primary N) is 2.